The van der Waals surface area contributed by atoms with Gasteiger partial charge >= 0.3 is 0 Å². The van der Waals surface area contributed by atoms with Gasteiger partial charge in [0.05, 0.1) is 23.3 Å². The molecule has 1 aromatic heterocycles. The second-order valence-corrected chi connectivity index (χ2v) is 7.80. The molecule has 1 amide bonds. The molecule has 0 aliphatic heterocycles. The molecule has 8 nitrogen and oxygen atoms in total. The van der Waals surface area contributed by atoms with Gasteiger partial charge in [-0.1, -0.05) is 0 Å². The first-order valence-electron chi connectivity index (χ1n) is 8.30. The van der Waals surface area contributed by atoms with Crippen LogP contribution in [0, 0.1) is 11.3 Å². The zero-order valence-corrected chi connectivity index (χ0v) is 16.0. The van der Waals surface area contributed by atoms with Crippen molar-refractivity contribution >= 4 is 15.9 Å². The van der Waals surface area contributed by atoms with Crippen LogP contribution >= 0.6 is 0 Å². The molecule has 27 heavy (non-hydrogen) atoms. The average Bonchev–Trinajstić information content (AvgIpc) is 3.16. The fourth-order valence-electron chi connectivity index (χ4n) is 2.42. The number of benzene rings is 1. The number of nitrogens with zero attached hydrogens (tertiary/aromatic N) is 2. The second kappa shape index (κ2) is 9.32. The van der Waals surface area contributed by atoms with Gasteiger partial charge in [0.2, 0.25) is 10.0 Å². The summed E-state index contributed by atoms with van der Waals surface area (Å²) in [6.07, 6.45) is 1.67. The fourth-order valence-corrected chi connectivity index (χ4v) is 3.45. The Bertz CT molecular complexity index is 884. The Morgan fingerprint density at radius 1 is 1.26 bits per heavy atom. The van der Waals surface area contributed by atoms with Crippen molar-refractivity contribution in [1.29, 1.82) is 5.26 Å². The van der Waals surface area contributed by atoms with Gasteiger partial charge in [0.25, 0.3) is 5.91 Å². The fraction of sp³-hybridized carbons (Fsp3) is 0.333. The number of likely N-dealkylation sites (N-methyl/N-ethyl adjacent to an activating group) is 1. The third kappa shape index (κ3) is 5.65. The van der Waals surface area contributed by atoms with E-state index >= 15 is 0 Å². The molecule has 0 radical (unpaired) electrons. The van der Waals surface area contributed by atoms with E-state index in [-0.39, 0.29) is 29.8 Å². The zero-order chi connectivity index (χ0) is 19.9. The highest BCUT2D eigenvalue weighted by Gasteiger charge is 2.19. The Kier molecular flexibility index (Phi) is 7.12. The molecule has 1 aromatic carbocycles. The molecule has 1 atom stereocenters. The lowest BCUT2D eigenvalue weighted by Crippen LogP contribution is -2.34. The molecule has 1 heterocycles. The van der Waals surface area contributed by atoms with E-state index in [9.17, 15) is 13.2 Å². The van der Waals surface area contributed by atoms with E-state index in [0.29, 0.717) is 12.1 Å². The summed E-state index contributed by atoms with van der Waals surface area (Å²) in [5.41, 5.74) is 0.350. The molecule has 0 saturated carbocycles. The van der Waals surface area contributed by atoms with Crippen molar-refractivity contribution in [1.82, 2.24) is 14.9 Å². The normalized spacial score (nSPS) is 12.5. The van der Waals surface area contributed by atoms with Crippen molar-refractivity contribution < 1.29 is 17.6 Å². The van der Waals surface area contributed by atoms with Crippen LogP contribution in [0.3, 0.4) is 0 Å². The summed E-state index contributed by atoms with van der Waals surface area (Å²) in [4.78, 5) is 14.3. The quantitative estimate of drug-likeness (QED) is 0.627. The summed E-state index contributed by atoms with van der Waals surface area (Å²) in [5.74, 6) is 0.431. The minimum absolute atomic E-state index is 0.0405. The van der Waals surface area contributed by atoms with Crippen molar-refractivity contribution in [2.45, 2.75) is 17.4 Å². The van der Waals surface area contributed by atoms with Gasteiger partial charge in [-0.3, -0.25) is 9.69 Å². The van der Waals surface area contributed by atoms with Gasteiger partial charge in [-0.2, -0.15) is 5.26 Å². The SMILES string of the molecule is CN(C)C(CNC(=O)c1ccc(S(=O)(=O)NCCC#N)cc1)c1ccco1. The van der Waals surface area contributed by atoms with Crippen LogP contribution in [0.2, 0.25) is 0 Å². The van der Waals surface area contributed by atoms with E-state index in [1.807, 2.05) is 31.1 Å². The van der Waals surface area contributed by atoms with Crippen molar-refractivity contribution in [3.05, 3.63) is 54.0 Å². The molecular formula is C18H22N4O4S. The van der Waals surface area contributed by atoms with Crippen LogP contribution in [0.15, 0.2) is 52.0 Å². The number of nitriles is 1. The lowest BCUT2D eigenvalue weighted by atomic mass is 10.2. The van der Waals surface area contributed by atoms with Gasteiger partial charge in [-0.05, 0) is 50.5 Å². The van der Waals surface area contributed by atoms with E-state index in [2.05, 4.69) is 10.0 Å². The lowest BCUT2D eigenvalue weighted by Gasteiger charge is -2.22. The monoisotopic (exact) mass is 390 g/mol. The predicted octanol–water partition coefficient (Wildman–Crippen LogP) is 1.50. The Hall–Kier alpha value is -2.67. The molecule has 0 bridgehead atoms. The zero-order valence-electron chi connectivity index (χ0n) is 15.2. The second-order valence-electron chi connectivity index (χ2n) is 6.04. The summed E-state index contributed by atoms with van der Waals surface area (Å²) in [6.45, 7) is 0.384. The molecule has 0 saturated heterocycles. The molecule has 0 aliphatic rings. The van der Waals surface area contributed by atoms with Gasteiger partial charge in [-0.15, -0.1) is 0 Å². The molecule has 2 rings (SSSR count). The van der Waals surface area contributed by atoms with E-state index < -0.39 is 10.0 Å². The Morgan fingerprint density at radius 2 is 1.96 bits per heavy atom. The number of carbonyl (C=O) groups is 1. The number of hydrogen-bond donors (Lipinski definition) is 2. The first kappa shape index (κ1) is 20.6. The molecule has 0 spiro atoms. The van der Waals surface area contributed by atoms with Gasteiger partial charge < -0.3 is 9.73 Å². The average molecular weight is 390 g/mol. The van der Waals surface area contributed by atoms with E-state index in [1.165, 1.54) is 24.3 Å². The third-order valence-electron chi connectivity index (χ3n) is 3.91. The third-order valence-corrected chi connectivity index (χ3v) is 5.38. The van der Waals surface area contributed by atoms with E-state index in [1.54, 1.807) is 12.3 Å². The predicted molar refractivity (Wildman–Crippen MR) is 99.3 cm³/mol. The molecule has 9 heteroatoms. The van der Waals surface area contributed by atoms with Crippen LogP contribution in [0.5, 0.6) is 0 Å². The Morgan fingerprint density at radius 3 is 2.52 bits per heavy atom. The highest BCUT2D eigenvalue weighted by atomic mass is 32.2. The minimum Gasteiger partial charge on any atom is -0.468 e. The Balaban J connectivity index is 2.00. The number of rotatable bonds is 9. The van der Waals surface area contributed by atoms with Gasteiger partial charge in [-0.25, -0.2) is 13.1 Å². The molecule has 0 aliphatic carbocycles. The number of sulfonamides is 1. The van der Waals surface area contributed by atoms with Crippen LogP contribution in [0.25, 0.3) is 0 Å². The first-order chi connectivity index (χ1) is 12.8. The molecular weight excluding hydrogens is 368 g/mol. The standard InChI is InChI=1S/C18H22N4O4S/c1-22(2)16(17-5-3-12-26-17)13-20-18(23)14-6-8-15(9-7-14)27(24,25)21-11-4-10-19/h3,5-9,12,16,21H,4,11,13H2,1-2H3,(H,20,23). The summed E-state index contributed by atoms with van der Waals surface area (Å²) >= 11 is 0. The molecule has 2 N–H and O–H groups in total. The van der Waals surface area contributed by atoms with Gasteiger partial charge in [0.1, 0.15) is 5.76 Å². The van der Waals surface area contributed by atoms with E-state index in [4.69, 9.17) is 9.68 Å². The summed E-state index contributed by atoms with van der Waals surface area (Å²) in [7, 11) is 0.0810. The minimum atomic E-state index is -3.69. The molecule has 2 aromatic rings. The van der Waals surface area contributed by atoms with Crippen LogP contribution in [0.4, 0.5) is 0 Å². The number of nitrogens with one attached hydrogen (secondary N) is 2. The van der Waals surface area contributed by atoms with Crippen molar-refractivity contribution in [2.75, 3.05) is 27.2 Å². The van der Waals surface area contributed by atoms with Crippen molar-refractivity contribution in [3.8, 4) is 6.07 Å². The summed E-state index contributed by atoms with van der Waals surface area (Å²) in [5, 5.41) is 11.3. The van der Waals surface area contributed by atoms with Crippen molar-refractivity contribution in [2.24, 2.45) is 0 Å². The van der Waals surface area contributed by atoms with Crippen LogP contribution in [-0.2, 0) is 10.0 Å². The number of carbonyl (C=O) groups excluding carboxylic acids is 1. The maximum absolute atomic E-state index is 12.4. The molecule has 0 fully saturated rings. The highest BCUT2D eigenvalue weighted by molar-refractivity contribution is 7.89. The number of hydrogen-bond acceptors (Lipinski definition) is 6. The topological polar surface area (TPSA) is 115 Å². The highest BCUT2D eigenvalue weighted by Crippen LogP contribution is 2.18. The van der Waals surface area contributed by atoms with Crippen LogP contribution in [-0.4, -0.2) is 46.4 Å². The van der Waals surface area contributed by atoms with Crippen LogP contribution < -0.4 is 10.0 Å². The summed E-state index contributed by atoms with van der Waals surface area (Å²) in [6, 6.07) is 11.0. The number of furan rings is 1. The molecule has 144 valence electrons. The number of amides is 1. The van der Waals surface area contributed by atoms with Gasteiger partial charge in [0, 0.05) is 25.1 Å². The maximum Gasteiger partial charge on any atom is 0.251 e. The summed E-state index contributed by atoms with van der Waals surface area (Å²) < 4.78 is 31.9. The van der Waals surface area contributed by atoms with Gasteiger partial charge in [0.15, 0.2) is 0 Å². The van der Waals surface area contributed by atoms with E-state index in [0.717, 1.165) is 5.76 Å². The lowest BCUT2D eigenvalue weighted by molar-refractivity contribution is 0.0939. The Labute approximate surface area is 158 Å². The van der Waals surface area contributed by atoms with Crippen LogP contribution in [0.1, 0.15) is 28.6 Å². The first-order valence-corrected chi connectivity index (χ1v) is 9.78. The molecule has 1 unspecified atom stereocenters. The maximum atomic E-state index is 12.4. The van der Waals surface area contributed by atoms with Crippen molar-refractivity contribution in [3.63, 3.8) is 0 Å². The smallest absolute Gasteiger partial charge is 0.251 e. The largest absolute Gasteiger partial charge is 0.468 e.